The second kappa shape index (κ2) is 9.45. The van der Waals surface area contributed by atoms with Gasteiger partial charge in [-0.2, -0.15) is 15.2 Å². The summed E-state index contributed by atoms with van der Waals surface area (Å²) in [5, 5.41) is 10.1. The Bertz CT molecular complexity index is 1070. The van der Waals surface area contributed by atoms with Crippen molar-refractivity contribution in [2.75, 3.05) is 12.0 Å². The van der Waals surface area contributed by atoms with Crippen molar-refractivity contribution < 1.29 is 13.9 Å². The molecule has 0 unspecified atom stereocenters. The van der Waals surface area contributed by atoms with Crippen molar-refractivity contribution in [1.82, 2.24) is 15.2 Å². The minimum atomic E-state index is -0.566. The average molecular weight is 397 g/mol. The molecule has 8 nitrogen and oxygen atoms in total. The van der Waals surface area contributed by atoms with E-state index < -0.39 is 5.69 Å². The van der Waals surface area contributed by atoms with E-state index in [1.54, 1.807) is 49.5 Å². The molecule has 0 fully saturated rings. The van der Waals surface area contributed by atoms with Gasteiger partial charge in [0.1, 0.15) is 18.1 Å². The summed E-state index contributed by atoms with van der Waals surface area (Å²) in [4.78, 5) is 15.0. The molecule has 0 bridgehead atoms. The first-order valence-electron chi connectivity index (χ1n) is 8.92. The van der Waals surface area contributed by atoms with Gasteiger partial charge in [0, 0.05) is 5.56 Å². The Balaban J connectivity index is 1.72. The van der Waals surface area contributed by atoms with Crippen LogP contribution in [0.1, 0.15) is 23.7 Å². The number of hydrogen-bond acceptors (Lipinski definition) is 7. The fraction of sp³-hybridized carbons (Fsp3) is 0.200. The maximum absolute atomic E-state index is 13.8. The molecule has 0 radical (unpaired) electrons. The highest BCUT2D eigenvalue weighted by molar-refractivity contribution is 5.81. The molecule has 2 aromatic carbocycles. The SMILES string of the molecule is CCOc1cc(/C=N\Nc2nc(=O)[nH]nc2C)ccc1OCc1ccccc1F. The number of halogens is 1. The summed E-state index contributed by atoms with van der Waals surface area (Å²) in [5.41, 5.74) is 3.81. The molecule has 0 atom stereocenters. The number of hydrazone groups is 1. The molecule has 3 rings (SSSR count). The van der Waals surface area contributed by atoms with Gasteiger partial charge in [-0.3, -0.25) is 5.43 Å². The van der Waals surface area contributed by atoms with Gasteiger partial charge in [0.25, 0.3) is 0 Å². The molecule has 0 amide bonds. The van der Waals surface area contributed by atoms with Crippen molar-refractivity contribution in [3.63, 3.8) is 0 Å². The van der Waals surface area contributed by atoms with Crippen LogP contribution in [0.2, 0.25) is 0 Å². The number of aromatic nitrogens is 3. The van der Waals surface area contributed by atoms with Crippen LogP contribution in [0.25, 0.3) is 0 Å². The van der Waals surface area contributed by atoms with Crippen LogP contribution in [0.4, 0.5) is 10.2 Å². The zero-order valence-electron chi connectivity index (χ0n) is 16.0. The highest BCUT2D eigenvalue weighted by atomic mass is 19.1. The topological polar surface area (TPSA) is 101 Å². The van der Waals surface area contributed by atoms with E-state index in [4.69, 9.17) is 9.47 Å². The normalized spacial score (nSPS) is 10.9. The predicted octanol–water partition coefficient (Wildman–Crippen LogP) is 3.04. The first-order valence-corrected chi connectivity index (χ1v) is 8.92. The minimum Gasteiger partial charge on any atom is -0.490 e. The number of ether oxygens (including phenoxy) is 2. The zero-order valence-corrected chi connectivity index (χ0v) is 16.0. The van der Waals surface area contributed by atoms with Crippen LogP contribution < -0.4 is 20.6 Å². The van der Waals surface area contributed by atoms with Gasteiger partial charge in [-0.05, 0) is 43.7 Å². The van der Waals surface area contributed by atoms with E-state index in [-0.39, 0.29) is 18.2 Å². The van der Waals surface area contributed by atoms with E-state index in [9.17, 15) is 9.18 Å². The molecule has 0 saturated carbocycles. The Kier molecular flexibility index (Phi) is 6.51. The highest BCUT2D eigenvalue weighted by Gasteiger charge is 2.08. The van der Waals surface area contributed by atoms with Gasteiger partial charge in [0.05, 0.1) is 12.8 Å². The summed E-state index contributed by atoms with van der Waals surface area (Å²) in [6.07, 6.45) is 1.55. The van der Waals surface area contributed by atoms with Crippen LogP contribution in [-0.2, 0) is 6.61 Å². The van der Waals surface area contributed by atoms with E-state index in [0.29, 0.717) is 29.4 Å². The molecule has 150 valence electrons. The van der Waals surface area contributed by atoms with Gasteiger partial charge < -0.3 is 9.47 Å². The molecule has 0 aliphatic rings. The highest BCUT2D eigenvalue weighted by Crippen LogP contribution is 2.29. The molecule has 2 N–H and O–H groups in total. The molecule has 9 heteroatoms. The molecule has 1 aromatic heterocycles. The molecular formula is C20H20FN5O3. The van der Waals surface area contributed by atoms with E-state index >= 15 is 0 Å². The third-order valence-corrected chi connectivity index (χ3v) is 3.87. The zero-order chi connectivity index (χ0) is 20.6. The van der Waals surface area contributed by atoms with Crippen molar-refractivity contribution in [2.24, 2.45) is 5.10 Å². The van der Waals surface area contributed by atoms with E-state index in [0.717, 1.165) is 5.56 Å². The largest absolute Gasteiger partial charge is 0.490 e. The molecule has 1 heterocycles. The molecule has 0 aliphatic carbocycles. The molecule has 0 aliphatic heterocycles. The van der Waals surface area contributed by atoms with Crippen LogP contribution in [-0.4, -0.2) is 28.0 Å². The number of aryl methyl sites for hydroxylation is 1. The van der Waals surface area contributed by atoms with Crippen molar-refractivity contribution in [2.45, 2.75) is 20.5 Å². The smallest absolute Gasteiger partial charge is 0.363 e. The van der Waals surface area contributed by atoms with Crippen molar-refractivity contribution in [1.29, 1.82) is 0 Å². The van der Waals surface area contributed by atoms with Crippen LogP contribution in [0.15, 0.2) is 52.4 Å². The van der Waals surface area contributed by atoms with E-state index in [1.165, 1.54) is 6.07 Å². The summed E-state index contributed by atoms with van der Waals surface area (Å²) in [5.74, 6) is 0.953. The summed E-state index contributed by atoms with van der Waals surface area (Å²) < 4.78 is 25.1. The second-order valence-corrected chi connectivity index (χ2v) is 5.96. The van der Waals surface area contributed by atoms with Crippen LogP contribution in [0.5, 0.6) is 11.5 Å². The lowest BCUT2D eigenvalue weighted by atomic mass is 10.2. The number of aromatic amines is 1. The number of anilines is 1. The Hall–Kier alpha value is -3.75. The second-order valence-electron chi connectivity index (χ2n) is 5.96. The third-order valence-electron chi connectivity index (χ3n) is 3.87. The van der Waals surface area contributed by atoms with Gasteiger partial charge in [-0.15, -0.1) is 0 Å². The first kappa shape index (κ1) is 20.0. The monoisotopic (exact) mass is 397 g/mol. The minimum absolute atomic E-state index is 0.0856. The van der Waals surface area contributed by atoms with Gasteiger partial charge in [-0.1, -0.05) is 18.2 Å². The van der Waals surface area contributed by atoms with Gasteiger partial charge in [0.15, 0.2) is 17.3 Å². The number of rotatable bonds is 8. The standard InChI is InChI=1S/C20H20FN5O3/c1-3-28-18-10-14(11-22-25-19-13(2)24-26-20(27)23-19)8-9-17(18)29-12-15-6-4-5-7-16(15)21/h4-11H,3,12H2,1-2H3,(H2,23,25,26,27)/b22-11-. The molecular weight excluding hydrogens is 377 g/mol. The molecule has 0 saturated heterocycles. The Morgan fingerprint density at radius 3 is 2.83 bits per heavy atom. The number of H-pyrrole nitrogens is 1. The lowest BCUT2D eigenvalue weighted by molar-refractivity contribution is 0.266. The van der Waals surface area contributed by atoms with E-state index in [1.807, 2.05) is 6.92 Å². The maximum atomic E-state index is 13.8. The Labute approximate surface area is 166 Å². The van der Waals surface area contributed by atoms with E-state index in [2.05, 4.69) is 25.7 Å². The lowest BCUT2D eigenvalue weighted by Crippen LogP contribution is -2.15. The summed E-state index contributed by atoms with van der Waals surface area (Å²) in [7, 11) is 0. The van der Waals surface area contributed by atoms with Crippen molar-refractivity contribution in [3.05, 3.63) is 75.6 Å². The van der Waals surface area contributed by atoms with Crippen LogP contribution in [0, 0.1) is 12.7 Å². The van der Waals surface area contributed by atoms with Gasteiger partial charge in [0.2, 0.25) is 0 Å². The van der Waals surface area contributed by atoms with Crippen LogP contribution in [0.3, 0.4) is 0 Å². The molecule has 29 heavy (non-hydrogen) atoms. The molecule has 3 aromatic rings. The Morgan fingerprint density at radius 1 is 1.21 bits per heavy atom. The molecule has 0 spiro atoms. The number of nitrogens with one attached hydrogen (secondary N) is 2. The fourth-order valence-corrected chi connectivity index (χ4v) is 2.43. The third kappa shape index (κ3) is 5.38. The predicted molar refractivity (Wildman–Crippen MR) is 107 cm³/mol. The number of nitrogens with zero attached hydrogens (tertiary/aromatic N) is 3. The quantitative estimate of drug-likeness (QED) is 0.448. The maximum Gasteiger partial charge on any atom is 0.363 e. The lowest BCUT2D eigenvalue weighted by Gasteiger charge is -2.13. The van der Waals surface area contributed by atoms with Crippen molar-refractivity contribution >= 4 is 12.0 Å². The van der Waals surface area contributed by atoms with Crippen LogP contribution >= 0.6 is 0 Å². The Morgan fingerprint density at radius 2 is 2.03 bits per heavy atom. The number of benzene rings is 2. The van der Waals surface area contributed by atoms with Gasteiger partial charge >= 0.3 is 5.69 Å². The number of hydrogen-bond donors (Lipinski definition) is 2. The summed E-state index contributed by atoms with van der Waals surface area (Å²) in [6, 6.07) is 11.7. The summed E-state index contributed by atoms with van der Waals surface area (Å²) >= 11 is 0. The summed E-state index contributed by atoms with van der Waals surface area (Å²) in [6.45, 7) is 4.08. The van der Waals surface area contributed by atoms with Crippen molar-refractivity contribution in [3.8, 4) is 11.5 Å². The average Bonchev–Trinajstić information content (AvgIpc) is 2.71. The first-order chi connectivity index (χ1) is 14.1. The van der Waals surface area contributed by atoms with Gasteiger partial charge in [-0.25, -0.2) is 14.3 Å². The fourth-order valence-electron chi connectivity index (χ4n) is 2.43.